The van der Waals surface area contributed by atoms with Gasteiger partial charge in [0, 0.05) is 50.4 Å². The summed E-state index contributed by atoms with van der Waals surface area (Å²) < 4.78 is 0. The zero-order valence-electron chi connectivity index (χ0n) is 34.9. The third-order valence-electron chi connectivity index (χ3n) is 18.4. The Hall–Kier alpha value is -2.07. The topological polar surface area (TPSA) is 6.48 Å². The Morgan fingerprint density at radius 3 is 2.40 bits per heavy atom. The van der Waals surface area contributed by atoms with E-state index in [4.69, 9.17) is 0 Å². The lowest BCUT2D eigenvalue weighted by atomic mass is 9.25. The first-order valence-electron chi connectivity index (χ1n) is 23.4. The summed E-state index contributed by atoms with van der Waals surface area (Å²) in [6.45, 7) is 13.7. The van der Waals surface area contributed by atoms with Gasteiger partial charge in [0.2, 0.25) is 0 Å². The molecule has 0 aromatic carbocycles. The molecule has 4 heterocycles. The minimum Gasteiger partial charge on any atom is -0.367 e. The van der Waals surface area contributed by atoms with E-state index in [1.807, 2.05) is 16.7 Å². The van der Waals surface area contributed by atoms with Crippen LogP contribution < -0.4 is 0 Å². The van der Waals surface area contributed by atoms with Gasteiger partial charge < -0.3 is 9.80 Å². The minimum atomic E-state index is 0.219. The molecule has 4 aliphatic heterocycles. The van der Waals surface area contributed by atoms with Gasteiger partial charge in [0.05, 0.1) is 6.04 Å². The molecule has 11 atom stereocenters. The summed E-state index contributed by atoms with van der Waals surface area (Å²) in [5.41, 5.74) is 8.38. The smallest absolute Gasteiger partial charge is 0.197 e. The summed E-state index contributed by atoms with van der Waals surface area (Å²) in [6, 6.07) is 1.79. The van der Waals surface area contributed by atoms with Gasteiger partial charge in [0.15, 0.2) is 6.71 Å². The molecule has 2 nitrogen and oxygen atoms in total. The van der Waals surface area contributed by atoms with Crippen molar-refractivity contribution in [3.05, 3.63) is 94.2 Å². The maximum absolute atomic E-state index is 3.30. The summed E-state index contributed by atoms with van der Waals surface area (Å²) in [5, 5.41) is 0.646. The second-order valence-electron chi connectivity index (χ2n) is 21.9. The van der Waals surface area contributed by atoms with E-state index in [2.05, 4.69) is 123 Å². The minimum absolute atomic E-state index is 0.219. The van der Waals surface area contributed by atoms with Crippen LogP contribution in [0.25, 0.3) is 0 Å². The first kappa shape index (κ1) is 36.0. The number of fused-ring (bicyclic) bond motifs is 6. The van der Waals surface area contributed by atoms with Crippen molar-refractivity contribution in [1.29, 1.82) is 0 Å². The molecule has 1 spiro atoms. The van der Waals surface area contributed by atoms with Crippen LogP contribution in [0.15, 0.2) is 94.2 Å². The Morgan fingerprint density at radius 2 is 1.64 bits per heavy atom. The number of rotatable bonds is 3. The number of hydrogen-bond donors (Lipinski definition) is 0. The second kappa shape index (κ2) is 13.2. The van der Waals surface area contributed by atoms with E-state index in [9.17, 15) is 0 Å². The molecule has 0 bridgehead atoms. The van der Waals surface area contributed by atoms with Crippen molar-refractivity contribution in [2.75, 3.05) is 0 Å². The van der Waals surface area contributed by atoms with Crippen molar-refractivity contribution < 1.29 is 0 Å². The van der Waals surface area contributed by atoms with Crippen LogP contribution in [0.1, 0.15) is 137 Å². The highest BCUT2D eigenvalue weighted by Gasteiger charge is 2.71. The Balaban J connectivity index is 1.10. The van der Waals surface area contributed by atoms with Gasteiger partial charge in [0.25, 0.3) is 0 Å². The van der Waals surface area contributed by atoms with Crippen LogP contribution in [0.2, 0.25) is 5.82 Å². The normalized spacial score (nSPS) is 42.1. The third-order valence-corrected chi connectivity index (χ3v) is 19.9. The van der Waals surface area contributed by atoms with E-state index in [1.54, 1.807) is 10.6 Å². The average molecular weight is 753 g/mol. The molecule has 4 heteroatoms. The van der Waals surface area contributed by atoms with Gasteiger partial charge in [-0.05, 0) is 150 Å². The van der Waals surface area contributed by atoms with E-state index in [-0.39, 0.29) is 11.0 Å². The van der Waals surface area contributed by atoms with Gasteiger partial charge in [-0.2, -0.15) is 0 Å². The molecule has 7 aliphatic carbocycles. The van der Waals surface area contributed by atoms with Crippen LogP contribution >= 0.6 is 11.8 Å². The molecule has 11 aliphatic rings. The molecule has 0 N–H and O–H groups in total. The van der Waals surface area contributed by atoms with E-state index < -0.39 is 0 Å². The summed E-state index contributed by atoms with van der Waals surface area (Å²) in [4.78, 5) is 8.18. The molecule has 292 valence electrons. The van der Waals surface area contributed by atoms with Crippen molar-refractivity contribution in [2.24, 2.45) is 46.3 Å². The Bertz CT molecular complexity index is 1820. The molecule has 2 saturated carbocycles. The van der Waals surface area contributed by atoms with Crippen LogP contribution in [0.3, 0.4) is 0 Å². The average Bonchev–Trinajstić information content (AvgIpc) is 3.67. The predicted molar refractivity (Wildman–Crippen MR) is 235 cm³/mol. The molecule has 0 radical (unpaired) electrons. The molecule has 4 fully saturated rings. The van der Waals surface area contributed by atoms with Crippen LogP contribution in [0.5, 0.6) is 0 Å². The van der Waals surface area contributed by atoms with Crippen molar-refractivity contribution in [1.82, 2.24) is 9.80 Å². The molecule has 0 aromatic rings. The lowest BCUT2D eigenvalue weighted by Crippen LogP contribution is -2.71. The molecule has 11 rings (SSSR count). The van der Waals surface area contributed by atoms with Crippen molar-refractivity contribution >= 4 is 18.5 Å². The Kier molecular flexibility index (Phi) is 8.67. The summed E-state index contributed by atoms with van der Waals surface area (Å²) >= 11 is 2.36. The van der Waals surface area contributed by atoms with Gasteiger partial charge in [-0.3, -0.25) is 0 Å². The third kappa shape index (κ3) is 5.26. The van der Waals surface area contributed by atoms with Crippen molar-refractivity contribution in [3.63, 3.8) is 0 Å². The van der Waals surface area contributed by atoms with Gasteiger partial charge in [-0.1, -0.05) is 106 Å². The van der Waals surface area contributed by atoms with Gasteiger partial charge in [0.1, 0.15) is 0 Å². The number of thioether (sulfide) groups is 1. The van der Waals surface area contributed by atoms with Crippen molar-refractivity contribution in [2.45, 2.75) is 172 Å². The summed E-state index contributed by atoms with van der Waals surface area (Å²) in [5.74, 6) is 4.81. The SMILES string of the molecule is CC(C)(C)C1C=CC2=C(C1)C1C(S2)B2C3=C4C(CCC3)C3(CCCCC3)C(C)(C)N4C3CC(C4C=CC=CC4C4C=CCCC4)CC(C23)N1C1=CC=CCC1. The van der Waals surface area contributed by atoms with E-state index in [0.29, 0.717) is 64.1 Å². The largest absolute Gasteiger partial charge is 0.367 e. The maximum atomic E-state index is 3.30. The fraction of sp³-hybridized carbons (Fsp3) is 0.686. The summed E-state index contributed by atoms with van der Waals surface area (Å²) in [7, 11) is 0. The maximum Gasteiger partial charge on any atom is 0.197 e. The lowest BCUT2D eigenvalue weighted by Gasteiger charge is -2.65. The van der Waals surface area contributed by atoms with E-state index in [0.717, 1.165) is 12.6 Å². The number of hydrogen-bond acceptors (Lipinski definition) is 3. The highest BCUT2D eigenvalue weighted by Crippen LogP contribution is 2.71. The molecule has 11 unspecified atom stereocenters. The molecule has 0 amide bonds. The fourth-order valence-electron chi connectivity index (χ4n) is 16.0. The van der Waals surface area contributed by atoms with Crippen molar-refractivity contribution in [3.8, 4) is 0 Å². The molecular weight excluding hydrogens is 683 g/mol. The standard InChI is InChI=1S/C51H69BN2S/c1-49(2,3)35-26-27-44-39(32-35)46-48(55-44)52-41-25-17-24-40-47(41)54(50(4,5)51(40)28-15-8-16-29-51)43-31-34(30-42(45(43)52)53(46)36-20-11-7-12-21-36)38-23-14-13-22-37(38)33-18-9-6-10-19-33/h7,9,11,13-14,18,20,22-23,26-27,33-35,37-38,40,42-43,45-46,48H,6,8,10,12,15-17,19,21,24-25,28-32H2,1-5H3. The van der Waals surface area contributed by atoms with Gasteiger partial charge in [-0.25, -0.2) is 0 Å². The van der Waals surface area contributed by atoms with Gasteiger partial charge >= 0.3 is 0 Å². The zero-order chi connectivity index (χ0) is 37.3. The number of nitrogens with zero attached hydrogens (tertiary/aromatic N) is 2. The lowest BCUT2D eigenvalue weighted by molar-refractivity contribution is -0.0308. The van der Waals surface area contributed by atoms with Crippen LogP contribution in [0.4, 0.5) is 0 Å². The number of allylic oxidation sites excluding steroid dienone is 14. The predicted octanol–water partition coefficient (Wildman–Crippen LogP) is 12.8. The Labute approximate surface area is 339 Å². The van der Waals surface area contributed by atoms with Crippen LogP contribution in [-0.4, -0.2) is 45.3 Å². The van der Waals surface area contributed by atoms with E-state index >= 15 is 0 Å². The molecule has 55 heavy (non-hydrogen) atoms. The summed E-state index contributed by atoms with van der Waals surface area (Å²) in [6.07, 6.45) is 50.0. The molecule has 0 aromatic heterocycles. The quantitative estimate of drug-likeness (QED) is 0.209. The molecular formula is C51H69BN2S. The monoisotopic (exact) mass is 753 g/mol. The van der Waals surface area contributed by atoms with E-state index in [1.165, 1.54) is 103 Å². The second-order valence-corrected chi connectivity index (χ2v) is 23.1. The first-order chi connectivity index (χ1) is 26.7. The zero-order valence-corrected chi connectivity index (χ0v) is 35.7. The Morgan fingerprint density at radius 1 is 0.818 bits per heavy atom. The van der Waals surface area contributed by atoms with Crippen LogP contribution in [-0.2, 0) is 0 Å². The molecule has 2 saturated heterocycles. The highest BCUT2D eigenvalue weighted by atomic mass is 32.2. The fourth-order valence-corrected chi connectivity index (χ4v) is 17.7. The highest BCUT2D eigenvalue weighted by molar-refractivity contribution is 8.05. The van der Waals surface area contributed by atoms with Crippen LogP contribution in [0, 0.1) is 46.3 Å². The van der Waals surface area contributed by atoms with Gasteiger partial charge in [-0.15, -0.1) is 11.8 Å². The first-order valence-corrected chi connectivity index (χ1v) is 24.3.